The first kappa shape index (κ1) is 14.1. The molecular weight excluding hydrogens is 282 g/mol. The molecule has 0 saturated heterocycles. The lowest BCUT2D eigenvalue weighted by molar-refractivity contribution is 0.102. The summed E-state index contributed by atoms with van der Waals surface area (Å²) >= 11 is 5.75. The van der Waals surface area contributed by atoms with Gasteiger partial charge in [0.25, 0.3) is 11.5 Å². The molecule has 0 spiro atoms. The lowest BCUT2D eigenvalue weighted by atomic mass is 10.2. The minimum atomic E-state index is -0.639. The van der Waals surface area contributed by atoms with Crippen molar-refractivity contribution in [3.8, 4) is 0 Å². The van der Waals surface area contributed by atoms with Gasteiger partial charge in [-0.05, 0) is 24.3 Å². The van der Waals surface area contributed by atoms with E-state index in [1.165, 1.54) is 24.9 Å². The SMILES string of the molecule is Cn1cc(C(=O)Nc2ccc(Cl)cc2)c(=O)n(C)c1=O. The molecule has 1 heterocycles. The number of aryl methyl sites for hydroxylation is 1. The quantitative estimate of drug-likeness (QED) is 0.897. The normalized spacial score (nSPS) is 10.3. The number of halogens is 1. The molecule has 1 aromatic heterocycles. The molecular formula is C13H12ClN3O3. The van der Waals surface area contributed by atoms with Gasteiger partial charge in [-0.3, -0.25) is 14.2 Å². The number of nitrogens with one attached hydrogen (secondary N) is 1. The Kier molecular flexibility index (Phi) is 3.76. The maximum atomic E-state index is 12.1. The van der Waals surface area contributed by atoms with Gasteiger partial charge in [-0.2, -0.15) is 0 Å². The van der Waals surface area contributed by atoms with Gasteiger partial charge < -0.3 is 9.88 Å². The molecule has 0 atom stereocenters. The van der Waals surface area contributed by atoms with Crippen LogP contribution in [0.4, 0.5) is 5.69 Å². The highest BCUT2D eigenvalue weighted by molar-refractivity contribution is 6.30. The van der Waals surface area contributed by atoms with E-state index in [4.69, 9.17) is 11.6 Å². The van der Waals surface area contributed by atoms with Crippen molar-refractivity contribution >= 4 is 23.2 Å². The van der Waals surface area contributed by atoms with Crippen molar-refractivity contribution in [2.45, 2.75) is 0 Å². The van der Waals surface area contributed by atoms with Crippen LogP contribution in [0.3, 0.4) is 0 Å². The first-order chi connectivity index (χ1) is 9.40. The van der Waals surface area contributed by atoms with Gasteiger partial charge in [0.15, 0.2) is 0 Å². The molecule has 0 fully saturated rings. The van der Waals surface area contributed by atoms with E-state index >= 15 is 0 Å². The fraction of sp³-hybridized carbons (Fsp3) is 0.154. The minimum absolute atomic E-state index is 0.107. The second kappa shape index (κ2) is 5.34. The highest BCUT2D eigenvalue weighted by Crippen LogP contribution is 2.13. The number of nitrogens with zero attached hydrogens (tertiary/aromatic N) is 2. The van der Waals surface area contributed by atoms with Gasteiger partial charge in [0.2, 0.25) is 0 Å². The van der Waals surface area contributed by atoms with Crippen molar-refractivity contribution in [2.24, 2.45) is 14.1 Å². The van der Waals surface area contributed by atoms with Crippen LogP contribution in [0.2, 0.25) is 5.02 Å². The fourth-order valence-corrected chi connectivity index (χ4v) is 1.82. The smallest absolute Gasteiger partial charge is 0.322 e. The van der Waals surface area contributed by atoms with Crippen LogP contribution in [0.15, 0.2) is 40.1 Å². The summed E-state index contributed by atoms with van der Waals surface area (Å²) in [4.78, 5) is 35.5. The third kappa shape index (κ3) is 2.65. The van der Waals surface area contributed by atoms with E-state index in [0.717, 1.165) is 4.57 Å². The van der Waals surface area contributed by atoms with Gasteiger partial charge in [0.1, 0.15) is 5.56 Å². The Morgan fingerprint density at radius 1 is 1.15 bits per heavy atom. The van der Waals surface area contributed by atoms with E-state index in [2.05, 4.69) is 5.32 Å². The Morgan fingerprint density at radius 3 is 2.35 bits per heavy atom. The monoisotopic (exact) mass is 293 g/mol. The molecule has 7 heteroatoms. The van der Waals surface area contributed by atoms with Crippen molar-refractivity contribution in [3.63, 3.8) is 0 Å². The molecule has 0 aliphatic heterocycles. The summed E-state index contributed by atoms with van der Waals surface area (Å²) in [7, 11) is 2.80. The molecule has 2 aromatic rings. The summed E-state index contributed by atoms with van der Waals surface area (Å²) in [6, 6.07) is 6.48. The first-order valence-electron chi connectivity index (χ1n) is 5.73. The molecule has 6 nitrogen and oxygen atoms in total. The molecule has 1 N–H and O–H groups in total. The van der Waals surface area contributed by atoms with Crippen molar-refractivity contribution in [1.82, 2.24) is 9.13 Å². The average Bonchev–Trinajstić information content (AvgIpc) is 2.43. The molecule has 0 unspecified atom stereocenters. The molecule has 2 rings (SSSR count). The zero-order chi connectivity index (χ0) is 14.9. The molecule has 0 radical (unpaired) electrons. The third-order valence-electron chi connectivity index (χ3n) is 2.79. The predicted octanol–water partition coefficient (Wildman–Crippen LogP) is 0.990. The standard InChI is InChI=1S/C13H12ClN3O3/c1-16-7-10(12(19)17(2)13(16)20)11(18)15-9-5-3-8(14)4-6-9/h3-7H,1-2H3,(H,15,18). The second-order valence-electron chi connectivity index (χ2n) is 4.26. The number of rotatable bonds is 2. The Balaban J connectivity index is 2.37. The first-order valence-corrected chi connectivity index (χ1v) is 6.11. The molecule has 104 valence electrons. The van der Waals surface area contributed by atoms with Crippen LogP contribution >= 0.6 is 11.6 Å². The van der Waals surface area contributed by atoms with Gasteiger partial charge in [0.05, 0.1) is 0 Å². The summed E-state index contributed by atoms with van der Waals surface area (Å²) in [6.45, 7) is 0. The molecule has 0 bridgehead atoms. The zero-order valence-electron chi connectivity index (χ0n) is 10.9. The number of hydrogen-bond donors (Lipinski definition) is 1. The molecule has 20 heavy (non-hydrogen) atoms. The van der Waals surface area contributed by atoms with E-state index in [0.29, 0.717) is 10.7 Å². The summed E-state index contributed by atoms with van der Waals surface area (Å²) in [5.74, 6) is -0.580. The molecule has 1 amide bonds. The van der Waals surface area contributed by atoms with Crippen molar-refractivity contribution in [2.75, 3.05) is 5.32 Å². The van der Waals surface area contributed by atoms with E-state index < -0.39 is 17.2 Å². The van der Waals surface area contributed by atoms with Crippen molar-refractivity contribution in [1.29, 1.82) is 0 Å². The molecule has 0 aliphatic carbocycles. The maximum Gasteiger partial charge on any atom is 0.330 e. The average molecular weight is 294 g/mol. The number of benzene rings is 1. The summed E-state index contributed by atoms with van der Waals surface area (Å²) < 4.78 is 2.06. The van der Waals surface area contributed by atoms with Gasteiger partial charge in [-0.15, -0.1) is 0 Å². The van der Waals surface area contributed by atoms with Gasteiger partial charge >= 0.3 is 5.69 Å². The van der Waals surface area contributed by atoms with Crippen LogP contribution in [-0.4, -0.2) is 15.0 Å². The predicted molar refractivity (Wildman–Crippen MR) is 76.3 cm³/mol. The summed E-state index contributed by atoms with van der Waals surface area (Å²) in [6.07, 6.45) is 1.22. The van der Waals surface area contributed by atoms with E-state index in [9.17, 15) is 14.4 Å². The summed E-state index contributed by atoms with van der Waals surface area (Å²) in [5, 5.41) is 3.12. The van der Waals surface area contributed by atoms with Crippen LogP contribution in [0.25, 0.3) is 0 Å². The second-order valence-corrected chi connectivity index (χ2v) is 4.70. The van der Waals surface area contributed by atoms with E-state index in [1.807, 2.05) is 0 Å². The molecule has 1 aromatic carbocycles. The van der Waals surface area contributed by atoms with Gasteiger partial charge in [-0.1, -0.05) is 11.6 Å². The largest absolute Gasteiger partial charge is 0.330 e. The highest BCUT2D eigenvalue weighted by atomic mass is 35.5. The molecule has 0 saturated carbocycles. The number of carbonyl (C=O) groups is 1. The van der Waals surface area contributed by atoms with Crippen molar-refractivity contribution in [3.05, 3.63) is 61.9 Å². The fourth-order valence-electron chi connectivity index (χ4n) is 1.70. The Labute approximate surface area is 119 Å². The van der Waals surface area contributed by atoms with Gasteiger partial charge in [-0.25, -0.2) is 4.79 Å². The molecule has 0 aliphatic rings. The van der Waals surface area contributed by atoms with Crippen LogP contribution in [0, 0.1) is 0 Å². The van der Waals surface area contributed by atoms with Crippen molar-refractivity contribution < 1.29 is 4.79 Å². The Hall–Kier alpha value is -2.34. The highest BCUT2D eigenvalue weighted by Gasteiger charge is 2.14. The maximum absolute atomic E-state index is 12.1. The van der Waals surface area contributed by atoms with Crippen LogP contribution in [0.5, 0.6) is 0 Å². The lowest BCUT2D eigenvalue weighted by Crippen LogP contribution is -2.40. The topological polar surface area (TPSA) is 73.1 Å². The zero-order valence-corrected chi connectivity index (χ0v) is 11.6. The minimum Gasteiger partial charge on any atom is -0.322 e. The number of amides is 1. The van der Waals surface area contributed by atoms with Crippen LogP contribution < -0.4 is 16.6 Å². The van der Waals surface area contributed by atoms with Crippen LogP contribution in [0.1, 0.15) is 10.4 Å². The number of anilines is 1. The van der Waals surface area contributed by atoms with E-state index in [-0.39, 0.29) is 5.56 Å². The summed E-state index contributed by atoms with van der Waals surface area (Å²) in [5.41, 5.74) is -0.725. The number of carbonyl (C=O) groups excluding carboxylic acids is 1. The lowest BCUT2D eigenvalue weighted by Gasteiger charge is -2.07. The Bertz CT molecular complexity index is 775. The van der Waals surface area contributed by atoms with E-state index in [1.54, 1.807) is 24.3 Å². The number of hydrogen-bond acceptors (Lipinski definition) is 3. The number of aromatic nitrogens is 2. The van der Waals surface area contributed by atoms with Gasteiger partial charge in [0, 0.05) is 31.0 Å². The van der Waals surface area contributed by atoms with Crippen LogP contribution in [-0.2, 0) is 14.1 Å². The third-order valence-corrected chi connectivity index (χ3v) is 3.05. The Morgan fingerprint density at radius 2 is 1.75 bits per heavy atom.